The highest BCUT2D eigenvalue weighted by atomic mass is 19.1. The van der Waals surface area contributed by atoms with Crippen LogP contribution in [-0.2, 0) is 6.42 Å². The molecule has 1 heterocycles. The fourth-order valence-electron chi connectivity index (χ4n) is 3.12. The molecule has 1 aromatic rings. The summed E-state index contributed by atoms with van der Waals surface area (Å²) < 4.78 is 13.2. The summed E-state index contributed by atoms with van der Waals surface area (Å²) in [5.74, 6) is 0.409. The monoisotopic (exact) mass is 280 g/mol. The first kappa shape index (κ1) is 15.4. The summed E-state index contributed by atoms with van der Waals surface area (Å²) in [6.45, 7) is 3.21. The van der Waals surface area contributed by atoms with Crippen LogP contribution < -0.4 is 5.32 Å². The van der Waals surface area contributed by atoms with Crippen molar-refractivity contribution in [2.45, 2.75) is 25.3 Å². The molecule has 1 aliphatic rings. The molecule has 112 valence electrons. The number of halogens is 1. The van der Waals surface area contributed by atoms with Gasteiger partial charge in [-0.05, 0) is 56.5 Å². The van der Waals surface area contributed by atoms with Gasteiger partial charge in [0.25, 0.3) is 0 Å². The minimum atomic E-state index is -0.149. The fraction of sp³-hybridized carbons (Fsp3) is 0.625. The van der Waals surface area contributed by atoms with E-state index in [4.69, 9.17) is 5.11 Å². The quantitative estimate of drug-likeness (QED) is 0.778. The maximum absolute atomic E-state index is 13.2. The van der Waals surface area contributed by atoms with E-state index in [1.165, 1.54) is 6.07 Å². The second-order valence-corrected chi connectivity index (χ2v) is 5.89. The Bertz CT molecular complexity index is 413. The van der Waals surface area contributed by atoms with Gasteiger partial charge in [0.15, 0.2) is 0 Å². The highest BCUT2D eigenvalue weighted by Crippen LogP contribution is 2.20. The molecule has 0 aromatic heterocycles. The Kier molecular flexibility index (Phi) is 5.95. The normalized spacial score (nSPS) is 23.9. The van der Waals surface area contributed by atoms with E-state index in [1.807, 2.05) is 6.07 Å². The van der Waals surface area contributed by atoms with E-state index in [9.17, 15) is 4.39 Å². The number of likely N-dealkylation sites (N-methyl/N-ethyl adjacent to an activating group) is 1. The summed E-state index contributed by atoms with van der Waals surface area (Å²) >= 11 is 0. The second kappa shape index (κ2) is 7.72. The standard InChI is InChI=1S/C16H25FN2O/c1-19-11-14(8-13-4-2-5-15(17)9-13)10-16(12-19)18-6-3-7-20/h2,4-5,9,14,16,18,20H,3,6-8,10-12H2,1H3. The molecule has 2 atom stereocenters. The highest BCUT2D eigenvalue weighted by molar-refractivity contribution is 5.17. The molecule has 3 nitrogen and oxygen atoms in total. The number of benzene rings is 1. The molecule has 2 N–H and O–H groups in total. The average molecular weight is 280 g/mol. The zero-order chi connectivity index (χ0) is 14.4. The van der Waals surface area contributed by atoms with Gasteiger partial charge in [-0.1, -0.05) is 12.1 Å². The Hall–Kier alpha value is -0.970. The van der Waals surface area contributed by atoms with Gasteiger partial charge in [-0.2, -0.15) is 0 Å². The van der Waals surface area contributed by atoms with Gasteiger partial charge < -0.3 is 15.3 Å². The van der Waals surface area contributed by atoms with Crippen molar-refractivity contribution in [2.75, 3.05) is 33.3 Å². The first-order chi connectivity index (χ1) is 9.67. The van der Waals surface area contributed by atoms with Crippen LogP contribution in [-0.4, -0.2) is 49.3 Å². The second-order valence-electron chi connectivity index (χ2n) is 5.89. The first-order valence-electron chi connectivity index (χ1n) is 7.44. The van der Waals surface area contributed by atoms with E-state index in [0.717, 1.165) is 44.5 Å². The molecule has 1 aromatic carbocycles. The molecule has 0 spiro atoms. The Balaban J connectivity index is 1.87. The fourth-order valence-corrected chi connectivity index (χ4v) is 3.12. The van der Waals surface area contributed by atoms with Crippen LogP contribution in [0.25, 0.3) is 0 Å². The Morgan fingerprint density at radius 1 is 1.40 bits per heavy atom. The van der Waals surface area contributed by atoms with Crippen LogP contribution in [0.1, 0.15) is 18.4 Å². The molecular weight excluding hydrogens is 255 g/mol. The number of hydrogen-bond donors (Lipinski definition) is 2. The van der Waals surface area contributed by atoms with Crippen LogP contribution in [0.4, 0.5) is 4.39 Å². The van der Waals surface area contributed by atoms with Crippen molar-refractivity contribution in [3.8, 4) is 0 Å². The number of hydrogen-bond acceptors (Lipinski definition) is 3. The third-order valence-corrected chi connectivity index (χ3v) is 3.90. The molecule has 0 aliphatic carbocycles. The van der Waals surface area contributed by atoms with E-state index >= 15 is 0 Å². The van der Waals surface area contributed by atoms with Crippen molar-refractivity contribution >= 4 is 0 Å². The molecule has 1 aliphatic heterocycles. The summed E-state index contributed by atoms with van der Waals surface area (Å²) in [6, 6.07) is 7.40. The molecule has 0 saturated carbocycles. The third-order valence-electron chi connectivity index (χ3n) is 3.90. The van der Waals surface area contributed by atoms with Gasteiger partial charge in [0, 0.05) is 25.7 Å². The van der Waals surface area contributed by atoms with Crippen LogP contribution >= 0.6 is 0 Å². The number of piperidine rings is 1. The summed E-state index contributed by atoms with van der Waals surface area (Å²) in [6.07, 6.45) is 2.85. The third kappa shape index (κ3) is 4.85. The van der Waals surface area contributed by atoms with Gasteiger partial charge in [0.05, 0.1) is 0 Å². The van der Waals surface area contributed by atoms with Crippen LogP contribution in [0.2, 0.25) is 0 Å². The smallest absolute Gasteiger partial charge is 0.123 e. The topological polar surface area (TPSA) is 35.5 Å². The SMILES string of the molecule is CN1CC(Cc2cccc(F)c2)CC(NCCCO)C1. The van der Waals surface area contributed by atoms with Crippen molar-refractivity contribution in [3.63, 3.8) is 0 Å². The molecule has 20 heavy (non-hydrogen) atoms. The van der Waals surface area contributed by atoms with Gasteiger partial charge >= 0.3 is 0 Å². The Labute approximate surface area is 120 Å². The maximum Gasteiger partial charge on any atom is 0.123 e. The predicted octanol–water partition coefficient (Wildman–Crippen LogP) is 1.66. The summed E-state index contributed by atoms with van der Waals surface area (Å²) in [5, 5.41) is 12.3. The van der Waals surface area contributed by atoms with Gasteiger partial charge in [-0.25, -0.2) is 4.39 Å². The molecule has 2 unspecified atom stereocenters. The van der Waals surface area contributed by atoms with Crippen LogP contribution in [0, 0.1) is 11.7 Å². The Morgan fingerprint density at radius 3 is 3.00 bits per heavy atom. The average Bonchev–Trinajstić information content (AvgIpc) is 2.38. The van der Waals surface area contributed by atoms with Gasteiger partial charge in [0.1, 0.15) is 5.82 Å². The summed E-state index contributed by atoms with van der Waals surface area (Å²) in [4.78, 5) is 2.34. The van der Waals surface area contributed by atoms with Crippen LogP contribution in [0.15, 0.2) is 24.3 Å². The first-order valence-corrected chi connectivity index (χ1v) is 7.44. The Morgan fingerprint density at radius 2 is 2.25 bits per heavy atom. The zero-order valence-corrected chi connectivity index (χ0v) is 12.2. The van der Waals surface area contributed by atoms with Crippen molar-refractivity contribution in [1.29, 1.82) is 0 Å². The molecule has 0 amide bonds. The number of aliphatic hydroxyl groups is 1. The van der Waals surface area contributed by atoms with Crippen LogP contribution in [0.5, 0.6) is 0 Å². The van der Waals surface area contributed by atoms with E-state index in [0.29, 0.717) is 12.0 Å². The van der Waals surface area contributed by atoms with Gasteiger partial charge in [-0.3, -0.25) is 0 Å². The lowest BCUT2D eigenvalue weighted by atomic mass is 9.89. The molecule has 1 saturated heterocycles. The number of nitrogens with one attached hydrogen (secondary N) is 1. The maximum atomic E-state index is 13.2. The number of rotatable bonds is 6. The molecule has 0 bridgehead atoms. The minimum Gasteiger partial charge on any atom is -0.396 e. The lowest BCUT2D eigenvalue weighted by molar-refractivity contribution is 0.166. The van der Waals surface area contributed by atoms with Crippen molar-refractivity contribution in [1.82, 2.24) is 10.2 Å². The van der Waals surface area contributed by atoms with Crippen molar-refractivity contribution in [2.24, 2.45) is 5.92 Å². The predicted molar refractivity (Wildman–Crippen MR) is 79.2 cm³/mol. The minimum absolute atomic E-state index is 0.149. The summed E-state index contributed by atoms with van der Waals surface area (Å²) in [7, 11) is 2.14. The van der Waals surface area contributed by atoms with E-state index in [2.05, 4.69) is 17.3 Å². The zero-order valence-electron chi connectivity index (χ0n) is 12.2. The number of nitrogens with zero attached hydrogens (tertiary/aromatic N) is 1. The van der Waals surface area contributed by atoms with Gasteiger partial charge in [-0.15, -0.1) is 0 Å². The molecule has 4 heteroatoms. The largest absolute Gasteiger partial charge is 0.396 e. The van der Waals surface area contributed by atoms with Crippen LogP contribution in [0.3, 0.4) is 0 Å². The lowest BCUT2D eigenvalue weighted by Gasteiger charge is -2.36. The van der Waals surface area contributed by atoms with Crippen molar-refractivity contribution < 1.29 is 9.50 Å². The number of aliphatic hydroxyl groups excluding tert-OH is 1. The van der Waals surface area contributed by atoms with Gasteiger partial charge in [0.2, 0.25) is 0 Å². The number of likely N-dealkylation sites (tertiary alicyclic amines) is 1. The summed E-state index contributed by atoms with van der Waals surface area (Å²) in [5.41, 5.74) is 1.08. The van der Waals surface area contributed by atoms with E-state index < -0.39 is 0 Å². The highest BCUT2D eigenvalue weighted by Gasteiger charge is 2.24. The van der Waals surface area contributed by atoms with E-state index in [1.54, 1.807) is 12.1 Å². The van der Waals surface area contributed by atoms with E-state index in [-0.39, 0.29) is 12.4 Å². The molecule has 2 rings (SSSR count). The molecule has 0 radical (unpaired) electrons. The lowest BCUT2D eigenvalue weighted by Crippen LogP contribution is -2.48. The molecular formula is C16H25FN2O. The van der Waals surface area contributed by atoms with Crippen molar-refractivity contribution in [3.05, 3.63) is 35.6 Å². The molecule has 1 fully saturated rings.